The first-order chi connectivity index (χ1) is 11.6. The average Bonchev–Trinajstić information content (AvgIpc) is 2.80. The number of carbonyl (C=O) groups is 1. The van der Waals surface area contributed by atoms with E-state index in [1.165, 1.54) is 16.8 Å². The van der Waals surface area contributed by atoms with Crippen molar-refractivity contribution in [1.29, 1.82) is 0 Å². The van der Waals surface area contributed by atoms with Crippen molar-refractivity contribution in [3.05, 3.63) is 59.2 Å². The number of fused-ring (bicyclic) bond motifs is 3. The molecule has 1 N–H and O–H groups in total. The third-order valence-corrected chi connectivity index (χ3v) is 5.76. The van der Waals surface area contributed by atoms with E-state index in [-0.39, 0.29) is 11.3 Å². The van der Waals surface area contributed by atoms with E-state index in [4.69, 9.17) is 11.6 Å². The fraction of sp³-hybridized carbons (Fsp3) is 0.350. The van der Waals surface area contributed by atoms with Crippen LogP contribution < -0.4 is 10.2 Å². The third-order valence-electron chi connectivity index (χ3n) is 5.39. The lowest BCUT2D eigenvalue weighted by Gasteiger charge is -2.27. The van der Waals surface area contributed by atoms with Crippen molar-refractivity contribution in [2.24, 2.45) is 0 Å². The predicted molar refractivity (Wildman–Crippen MR) is 98.8 cm³/mol. The Morgan fingerprint density at radius 1 is 1.12 bits per heavy atom. The lowest BCUT2D eigenvalue weighted by molar-refractivity contribution is -0.116. The van der Waals surface area contributed by atoms with Crippen LogP contribution in [0, 0.1) is 0 Å². The van der Waals surface area contributed by atoms with Gasteiger partial charge in [-0.05, 0) is 35.7 Å². The second-order valence-electron chi connectivity index (χ2n) is 6.82. The standard InChI is InChI=1S/C20H21ClN2O/c1-12-13(2)23(11-14-6-4-3-5-7-14)17-9-8-16-20(19(12)17)15(21)10-18(24)22-16/h3-9,12-13,15H,10-11H2,1-2H3,(H,22,24). The summed E-state index contributed by atoms with van der Waals surface area (Å²) >= 11 is 6.57. The van der Waals surface area contributed by atoms with Crippen LogP contribution in [0.4, 0.5) is 11.4 Å². The molecule has 1 amide bonds. The van der Waals surface area contributed by atoms with Gasteiger partial charge in [0.1, 0.15) is 0 Å². The van der Waals surface area contributed by atoms with E-state index in [0.717, 1.165) is 17.8 Å². The van der Waals surface area contributed by atoms with E-state index >= 15 is 0 Å². The van der Waals surface area contributed by atoms with Gasteiger partial charge in [-0.15, -0.1) is 11.6 Å². The quantitative estimate of drug-likeness (QED) is 0.795. The van der Waals surface area contributed by atoms with E-state index < -0.39 is 0 Å². The molecule has 0 bridgehead atoms. The summed E-state index contributed by atoms with van der Waals surface area (Å²) in [5.41, 5.74) is 5.85. The number of benzene rings is 2. The van der Waals surface area contributed by atoms with Gasteiger partial charge < -0.3 is 10.2 Å². The van der Waals surface area contributed by atoms with Crippen LogP contribution in [0.3, 0.4) is 0 Å². The molecule has 0 aliphatic carbocycles. The molecule has 4 rings (SSSR count). The number of halogens is 1. The molecule has 0 aromatic heterocycles. The van der Waals surface area contributed by atoms with Gasteiger partial charge in [-0.3, -0.25) is 4.79 Å². The lowest BCUT2D eigenvalue weighted by atomic mass is 9.88. The SMILES string of the molecule is CC1c2c(ccc3c2C(Cl)CC(=O)N3)N(Cc2ccccc2)C1C. The van der Waals surface area contributed by atoms with E-state index in [1.807, 2.05) is 12.1 Å². The van der Waals surface area contributed by atoms with Gasteiger partial charge in [0.15, 0.2) is 0 Å². The first-order valence-electron chi connectivity index (χ1n) is 8.47. The van der Waals surface area contributed by atoms with Gasteiger partial charge in [0, 0.05) is 36.3 Å². The van der Waals surface area contributed by atoms with Gasteiger partial charge in [-0.25, -0.2) is 0 Å². The van der Waals surface area contributed by atoms with Crippen LogP contribution in [-0.2, 0) is 11.3 Å². The normalized spacial score (nSPS) is 25.2. The molecule has 2 heterocycles. The number of nitrogens with zero attached hydrogens (tertiary/aromatic N) is 1. The molecule has 2 aliphatic heterocycles. The third kappa shape index (κ3) is 2.39. The van der Waals surface area contributed by atoms with Gasteiger partial charge in [0.2, 0.25) is 5.91 Å². The molecule has 2 aliphatic rings. The highest BCUT2D eigenvalue weighted by atomic mass is 35.5. The van der Waals surface area contributed by atoms with Gasteiger partial charge in [-0.2, -0.15) is 0 Å². The summed E-state index contributed by atoms with van der Waals surface area (Å²) in [6.07, 6.45) is 0.352. The van der Waals surface area contributed by atoms with Crippen molar-refractivity contribution >= 4 is 28.9 Å². The van der Waals surface area contributed by atoms with Crippen molar-refractivity contribution in [1.82, 2.24) is 0 Å². The highest BCUT2D eigenvalue weighted by Crippen LogP contribution is 2.50. The van der Waals surface area contributed by atoms with Gasteiger partial charge >= 0.3 is 0 Å². The van der Waals surface area contributed by atoms with Crippen molar-refractivity contribution in [3.63, 3.8) is 0 Å². The number of hydrogen-bond acceptors (Lipinski definition) is 2. The van der Waals surface area contributed by atoms with Gasteiger partial charge in [-0.1, -0.05) is 37.3 Å². The van der Waals surface area contributed by atoms with Crippen LogP contribution in [-0.4, -0.2) is 11.9 Å². The zero-order chi connectivity index (χ0) is 16.8. The molecule has 24 heavy (non-hydrogen) atoms. The Morgan fingerprint density at radius 2 is 1.88 bits per heavy atom. The van der Waals surface area contributed by atoms with Crippen LogP contribution in [0.25, 0.3) is 0 Å². The Hall–Kier alpha value is -2.00. The van der Waals surface area contributed by atoms with Gasteiger partial charge in [0.05, 0.1) is 5.38 Å². The molecule has 0 fully saturated rings. The first kappa shape index (κ1) is 15.5. The Labute approximate surface area is 147 Å². The highest BCUT2D eigenvalue weighted by Gasteiger charge is 2.38. The summed E-state index contributed by atoms with van der Waals surface area (Å²) in [6.45, 7) is 5.41. The van der Waals surface area contributed by atoms with E-state index in [1.54, 1.807) is 0 Å². The molecule has 0 saturated carbocycles. The largest absolute Gasteiger partial charge is 0.364 e. The summed E-state index contributed by atoms with van der Waals surface area (Å²) in [5, 5.41) is 2.74. The van der Waals surface area contributed by atoms with E-state index in [9.17, 15) is 4.79 Å². The zero-order valence-electron chi connectivity index (χ0n) is 13.9. The predicted octanol–water partition coefficient (Wildman–Crippen LogP) is 4.82. The molecule has 0 spiro atoms. The average molecular weight is 341 g/mol. The Morgan fingerprint density at radius 3 is 2.62 bits per heavy atom. The van der Waals surface area contributed by atoms with E-state index in [2.05, 4.69) is 54.4 Å². The monoisotopic (exact) mass is 340 g/mol. The fourth-order valence-electron chi connectivity index (χ4n) is 4.01. The minimum Gasteiger partial charge on any atom is -0.364 e. The lowest BCUT2D eigenvalue weighted by Crippen LogP contribution is -2.30. The van der Waals surface area contributed by atoms with Crippen molar-refractivity contribution in [3.8, 4) is 0 Å². The Bertz CT molecular complexity index is 790. The molecule has 3 atom stereocenters. The van der Waals surface area contributed by atoms with Crippen molar-refractivity contribution in [2.75, 3.05) is 10.2 Å². The van der Waals surface area contributed by atoms with Gasteiger partial charge in [0.25, 0.3) is 0 Å². The first-order valence-corrected chi connectivity index (χ1v) is 8.91. The molecule has 0 radical (unpaired) electrons. The summed E-state index contributed by atoms with van der Waals surface area (Å²) in [6, 6.07) is 15.1. The second-order valence-corrected chi connectivity index (χ2v) is 7.35. The number of carbonyl (C=O) groups excluding carboxylic acids is 1. The fourth-order valence-corrected chi connectivity index (χ4v) is 4.38. The molecule has 3 unspecified atom stereocenters. The molecule has 2 aromatic carbocycles. The summed E-state index contributed by atoms with van der Waals surface area (Å²) < 4.78 is 0. The number of hydrogen-bond donors (Lipinski definition) is 1. The molecule has 124 valence electrons. The Kier molecular flexibility index (Phi) is 3.76. The minimum atomic E-state index is -0.241. The number of nitrogens with one attached hydrogen (secondary N) is 1. The van der Waals surface area contributed by atoms with E-state index in [0.29, 0.717) is 18.4 Å². The van der Waals surface area contributed by atoms with Crippen LogP contribution >= 0.6 is 11.6 Å². The smallest absolute Gasteiger partial charge is 0.226 e. The van der Waals surface area contributed by atoms with Crippen LogP contribution in [0.1, 0.15) is 48.3 Å². The van der Waals surface area contributed by atoms with Crippen LogP contribution in [0.15, 0.2) is 42.5 Å². The van der Waals surface area contributed by atoms with Crippen LogP contribution in [0.5, 0.6) is 0 Å². The maximum atomic E-state index is 11.8. The molecule has 2 aromatic rings. The topological polar surface area (TPSA) is 32.3 Å². The maximum absolute atomic E-state index is 11.8. The van der Waals surface area contributed by atoms with Crippen molar-refractivity contribution in [2.45, 2.75) is 44.1 Å². The van der Waals surface area contributed by atoms with Crippen molar-refractivity contribution < 1.29 is 4.79 Å². The summed E-state index contributed by atoms with van der Waals surface area (Å²) in [7, 11) is 0. The summed E-state index contributed by atoms with van der Waals surface area (Å²) in [4.78, 5) is 14.2. The molecular weight excluding hydrogens is 320 g/mol. The Balaban J connectivity index is 1.78. The number of amides is 1. The van der Waals surface area contributed by atoms with Crippen LogP contribution in [0.2, 0.25) is 0 Å². The number of alkyl halides is 1. The number of anilines is 2. The minimum absolute atomic E-state index is 0.00212. The summed E-state index contributed by atoms with van der Waals surface area (Å²) in [5.74, 6) is 0.386. The number of rotatable bonds is 2. The maximum Gasteiger partial charge on any atom is 0.226 e. The molecular formula is C20H21ClN2O. The zero-order valence-corrected chi connectivity index (χ0v) is 14.7. The highest BCUT2D eigenvalue weighted by molar-refractivity contribution is 6.24. The molecule has 4 heteroatoms. The second kappa shape index (κ2) is 5.82. The molecule has 0 saturated heterocycles. The molecule has 3 nitrogen and oxygen atoms in total.